The van der Waals surface area contributed by atoms with E-state index in [0.717, 1.165) is 0 Å². The minimum atomic E-state index is -1.99. The number of carbonyl (C=O) groups is 1. The summed E-state index contributed by atoms with van der Waals surface area (Å²) in [4.78, 5) is 8.61. The van der Waals surface area contributed by atoms with Gasteiger partial charge in [-0.25, -0.2) is 4.79 Å². The number of hydrogen-bond donors (Lipinski definition) is 3. The van der Waals surface area contributed by atoms with Crippen molar-refractivity contribution in [2.45, 2.75) is 5.00 Å². The van der Waals surface area contributed by atoms with Gasteiger partial charge in [0.05, 0.1) is 0 Å². The zero-order valence-electron chi connectivity index (χ0n) is 6.57. The number of benzene rings is 1. The minimum Gasteiger partial charge on any atom is -0.508 e. The molecule has 1 atom stereocenters. The number of rotatable bonds is 2. The fourth-order valence-corrected chi connectivity index (χ4v) is 0.973. The van der Waals surface area contributed by atoms with Gasteiger partial charge in [-0.2, -0.15) is 0 Å². The quantitative estimate of drug-likeness (QED) is 0.489. The molecule has 13 heavy (non-hydrogen) atoms. The van der Waals surface area contributed by atoms with Crippen LogP contribution in [0, 0.1) is 0 Å². The van der Waals surface area contributed by atoms with Crippen molar-refractivity contribution < 1.29 is 15.0 Å². The summed E-state index contributed by atoms with van der Waals surface area (Å²) in [5, 5.41) is 17.7. The SMILES string of the molecule is N[C@](Cl)(C(=O)O)c1cccc(O)c1. The summed E-state index contributed by atoms with van der Waals surface area (Å²) in [6.45, 7) is 0. The molecular weight excluding hydrogens is 194 g/mol. The number of carboxylic acid groups (broad SMARTS) is 1. The van der Waals surface area contributed by atoms with Crippen LogP contribution in [0.4, 0.5) is 0 Å². The molecule has 0 saturated heterocycles. The molecule has 0 bridgehead atoms. The average molecular weight is 202 g/mol. The normalized spacial score (nSPS) is 14.9. The first-order valence-corrected chi connectivity index (χ1v) is 3.83. The number of halogens is 1. The smallest absolute Gasteiger partial charge is 0.344 e. The second kappa shape index (κ2) is 3.24. The number of alkyl halides is 1. The van der Waals surface area contributed by atoms with Gasteiger partial charge in [0.25, 0.3) is 0 Å². The Kier molecular flexibility index (Phi) is 2.45. The van der Waals surface area contributed by atoms with Gasteiger partial charge in [-0.1, -0.05) is 23.7 Å². The highest BCUT2D eigenvalue weighted by Crippen LogP contribution is 2.25. The largest absolute Gasteiger partial charge is 0.508 e. The maximum Gasteiger partial charge on any atom is 0.344 e. The summed E-state index contributed by atoms with van der Waals surface area (Å²) < 4.78 is 0. The molecule has 0 saturated carbocycles. The van der Waals surface area contributed by atoms with Gasteiger partial charge >= 0.3 is 5.97 Å². The Labute approximate surface area is 79.6 Å². The van der Waals surface area contributed by atoms with Crippen LogP contribution in [0.25, 0.3) is 0 Å². The molecule has 0 fully saturated rings. The summed E-state index contributed by atoms with van der Waals surface area (Å²) >= 11 is 5.54. The van der Waals surface area contributed by atoms with Crippen LogP contribution in [0.3, 0.4) is 0 Å². The Balaban J connectivity index is 3.14. The average Bonchev–Trinajstić information content (AvgIpc) is 2.04. The molecule has 4 N–H and O–H groups in total. The van der Waals surface area contributed by atoms with Gasteiger partial charge < -0.3 is 10.2 Å². The number of aliphatic carboxylic acids is 1. The lowest BCUT2D eigenvalue weighted by molar-refractivity contribution is -0.140. The zero-order valence-corrected chi connectivity index (χ0v) is 7.32. The zero-order chi connectivity index (χ0) is 10.1. The number of hydrogen-bond acceptors (Lipinski definition) is 3. The minimum absolute atomic E-state index is 0.0748. The van der Waals surface area contributed by atoms with Crippen LogP contribution in [-0.2, 0) is 9.79 Å². The first-order chi connectivity index (χ1) is 5.94. The Bertz CT molecular complexity index is 338. The van der Waals surface area contributed by atoms with Gasteiger partial charge in [-0.3, -0.25) is 5.73 Å². The number of phenolic OH excluding ortho intramolecular Hbond substituents is 1. The lowest BCUT2D eigenvalue weighted by Gasteiger charge is -2.16. The van der Waals surface area contributed by atoms with Crippen LogP contribution < -0.4 is 5.73 Å². The predicted molar refractivity (Wildman–Crippen MR) is 47.5 cm³/mol. The van der Waals surface area contributed by atoms with E-state index in [0.29, 0.717) is 0 Å². The number of carboxylic acids is 1. The van der Waals surface area contributed by atoms with Crippen LogP contribution >= 0.6 is 11.6 Å². The number of aromatic hydroxyl groups is 1. The molecule has 1 aromatic rings. The van der Waals surface area contributed by atoms with E-state index in [1.165, 1.54) is 24.3 Å². The van der Waals surface area contributed by atoms with E-state index in [2.05, 4.69) is 0 Å². The Morgan fingerprint density at radius 3 is 2.62 bits per heavy atom. The lowest BCUT2D eigenvalue weighted by Crippen LogP contribution is -2.38. The molecule has 0 spiro atoms. The maximum atomic E-state index is 10.6. The highest BCUT2D eigenvalue weighted by Gasteiger charge is 2.33. The van der Waals surface area contributed by atoms with Crippen molar-refractivity contribution in [1.29, 1.82) is 0 Å². The van der Waals surface area contributed by atoms with Gasteiger partial charge in [0, 0.05) is 5.56 Å². The third-order valence-electron chi connectivity index (χ3n) is 1.58. The topological polar surface area (TPSA) is 83.6 Å². The van der Waals surface area contributed by atoms with E-state index in [9.17, 15) is 4.79 Å². The van der Waals surface area contributed by atoms with Gasteiger partial charge in [-0.15, -0.1) is 0 Å². The second-order valence-corrected chi connectivity index (χ2v) is 3.16. The van der Waals surface area contributed by atoms with Crippen molar-refractivity contribution in [1.82, 2.24) is 0 Å². The van der Waals surface area contributed by atoms with Gasteiger partial charge in [0.15, 0.2) is 0 Å². The van der Waals surface area contributed by atoms with Crippen molar-refractivity contribution >= 4 is 17.6 Å². The number of nitrogens with two attached hydrogens (primary N) is 1. The lowest BCUT2D eigenvalue weighted by atomic mass is 10.1. The highest BCUT2D eigenvalue weighted by atomic mass is 35.5. The first kappa shape index (κ1) is 9.83. The molecule has 5 heteroatoms. The molecule has 0 aromatic heterocycles. The van der Waals surface area contributed by atoms with E-state index in [1.54, 1.807) is 0 Å². The van der Waals surface area contributed by atoms with Crippen LogP contribution in [-0.4, -0.2) is 16.2 Å². The summed E-state index contributed by atoms with van der Waals surface area (Å²) in [6.07, 6.45) is 0. The van der Waals surface area contributed by atoms with Gasteiger partial charge in [0.1, 0.15) is 5.75 Å². The fraction of sp³-hybridized carbons (Fsp3) is 0.125. The summed E-state index contributed by atoms with van der Waals surface area (Å²) in [5.74, 6) is -1.44. The molecule has 4 nitrogen and oxygen atoms in total. The van der Waals surface area contributed by atoms with Crippen LogP contribution in [0.15, 0.2) is 24.3 Å². The second-order valence-electron chi connectivity index (χ2n) is 2.57. The predicted octanol–water partition coefficient (Wildman–Crippen LogP) is 0.827. The molecule has 0 radical (unpaired) electrons. The van der Waals surface area contributed by atoms with Crippen molar-refractivity contribution in [3.8, 4) is 5.75 Å². The summed E-state index contributed by atoms with van der Waals surface area (Å²) in [7, 11) is 0. The van der Waals surface area contributed by atoms with Gasteiger partial charge in [0.2, 0.25) is 5.00 Å². The van der Waals surface area contributed by atoms with Crippen molar-refractivity contribution in [2.24, 2.45) is 5.73 Å². The van der Waals surface area contributed by atoms with E-state index in [-0.39, 0.29) is 11.3 Å². The Morgan fingerprint density at radius 2 is 2.15 bits per heavy atom. The molecule has 0 aliphatic heterocycles. The monoisotopic (exact) mass is 201 g/mol. The van der Waals surface area contributed by atoms with Crippen molar-refractivity contribution in [2.75, 3.05) is 0 Å². The maximum absolute atomic E-state index is 10.6. The molecule has 70 valence electrons. The van der Waals surface area contributed by atoms with Crippen LogP contribution in [0.5, 0.6) is 5.75 Å². The van der Waals surface area contributed by atoms with Crippen LogP contribution in [0.1, 0.15) is 5.56 Å². The molecule has 0 aliphatic carbocycles. The summed E-state index contributed by atoms with van der Waals surface area (Å²) in [5.41, 5.74) is 5.44. The third-order valence-corrected chi connectivity index (χ3v) is 1.96. The third kappa shape index (κ3) is 1.91. The number of phenols is 1. The van der Waals surface area contributed by atoms with E-state index in [1.807, 2.05) is 0 Å². The molecule has 1 rings (SSSR count). The molecular formula is C8H8ClNO3. The molecule has 0 aliphatic rings. The molecule has 0 amide bonds. The van der Waals surface area contributed by atoms with Crippen molar-refractivity contribution in [3.63, 3.8) is 0 Å². The highest BCUT2D eigenvalue weighted by molar-refractivity contribution is 6.33. The van der Waals surface area contributed by atoms with E-state index >= 15 is 0 Å². The Morgan fingerprint density at radius 1 is 1.54 bits per heavy atom. The molecule has 0 unspecified atom stereocenters. The van der Waals surface area contributed by atoms with E-state index in [4.69, 9.17) is 27.5 Å². The first-order valence-electron chi connectivity index (χ1n) is 3.45. The molecule has 0 heterocycles. The molecule has 1 aromatic carbocycles. The standard InChI is InChI=1S/C8H8ClNO3/c9-8(10,7(12)13)5-2-1-3-6(11)4-5/h1-4,11H,10H2,(H,12,13)/t8-/m0/s1. The van der Waals surface area contributed by atoms with Crippen LogP contribution in [0.2, 0.25) is 0 Å². The van der Waals surface area contributed by atoms with E-state index < -0.39 is 11.0 Å². The summed E-state index contributed by atoms with van der Waals surface area (Å²) in [6, 6.07) is 5.51. The fourth-order valence-electron chi connectivity index (χ4n) is 0.856. The Hall–Kier alpha value is -1.26. The van der Waals surface area contributed by atoms with Gasteiger partial charge in [-0.05, 0) is 12.1 Å². The van der Waals surface area contributed by atoms with Crippen molar-refractivity contribution in [3.05, 3.63) is 29.8 Å².